The lowest BCUT2D eigenvalue weighted by atomic mass is 9.93. The van der Waals surface area contributed by atoms with Crippen LogP contribution < -0.4 is 0 Å². The van der Waals surface area contributed by atoms with Crippen LogP contribution in [0.15, 0.2) is 364 Å². The Bertz CT molecular complexity index is 7890. The lowest BCUT2D eigenvalue weighted by Gasteiger charge is -2.15. The molecule has 0 atom stereocenters. The Morgan fingerprint density at radius 2 is 0.482 bits per heavy atom. The van der Waals surface area contributed by atoms with Gasteiger partial charge in [-0.3, -0.25) is 9.13 Å². The van der Waals surface area contributed by atoms with Gasteiger partial charge in [-0.2, -0.15) is 0 Å². The van der Waals surface area contributed by atoms with E-state index in [2.05, 4.69) is 373 Å². The summed E-state index contributed by atoms with van der Waals surface area (Å²) in [7, 11) is 0. The Morgan fingerprint density at radius 3 is 0.965 bits per heavy atom. The van der Waals surface area contributed by atoms with Gasteiger partial charge in [-0.25, -0.2) is 19.9 Å². The number of benzene rings is 16. The first kappa shape index (κ1) is 64.9. The molecule has 0 saturated heterocycles. The largest absolute Gasteiger partial charge is 0.278 e. The van der Waals surface area contributed by atoms with Crippen LogP contribution in [0.1, 0.15) is 0 Å². The molecule has 8 aromatic heterocycles. The third-order valence-electron chi connectivity index (χ3n) is 23.0. The molecule has 0 bridgehead atoms. The van der Waals surface area contributed by atoms with E-state index in [1.54, 1.807) is 0 Å². The Hall–Kier alpha value is -13.8. The molecule has 0 aliphatic heterocycles. The van der Waals surface area contributed by atoms with Crippen molar-refractivity contribution in [3.63, 3.8) is 0 Å². The van der Waals surface area contributed by atoms with Gasteiger partial charge in [0.15, 0.2) is 0 Å². The van der Waals surface area contributed by atoms with E-state index >= 15 is 0 Å². The topological polar surface area (TPSA) is 61.4 Å². The van der Waals surface area contributed by atoms with Crippen molar-refractivity contribution in [3.05, 3.63) is 364 Å². The number of hydrogen-bond donors (Lipinski definition) is 0. The van der Waals surface area contributed by atoms with Crippen LogP contribution in [0.2, 0.25) is 0 Å². The second kappa shape index (κ2) is 25.9. The summed E-state index contributed by atoms with van der Waals surface area (Å²) in [6.45, 7) is 0. The van der Waals surface area contributed by atoms with Gasteiger partial charge in [0, 0.05) is 124 Å². The molecule has 0 amide bonds. The monoisotopic (exact) mass is 1520 g/mol. The van der Waals surface area contributed by atoms with Gasteiger partial charge < -0.3 is 0 Å². The van der Waals surface area contributed by atoms with Crippen LogP contribution in [-0.4, -0.2) is 29.1 Å². The van der Waals surface area contributed by atoms with E-state index in [0.717, 1.165) is 133 Å². The molecule has 0 unspecified atom stereocenters. The quantitative estimate of drug-likeness (QED) is 0.129. The number of fused-ring (bicyclic) bond motifs is 18. The van der Waals surface area contributed by atoms with Gasteiger partial charge >= 0.3 is 0 Å². The highest BCUT2D eigenvalue weighted by Gasteiger charge is 2.24. The second-order valence-corrected chi connectivity index (χ2v) is 33.8. The van der Waals surface area contributed by atoms with Gasteiger partial charge in [0.2, 0.25) is 11.9 Å². The normalized spacial score (nSPS) is 12.0. The molecule has 0 aliphatic rings. The minimum Gasteiger partial charge on any atom is -0.278 e. The van der Waals surface area contributed by atoms with Crippen molar-refractivity contribution in [2.24, 2.45) is 0 Å². The summed E-state index contributed by atoms with van der Waals surface area (Å²) in [5, 5.41) is 14.7. The average molecular weight is 1520 g/mol. The van der Waals surface area contributed by atoms with Gasteiger partial charge in [-0.1, -0.05) is 243 Å². The zero-order chi connectivity index (χ0) is 74.6. The second-order valence-electron chi connectivity index (χ2n) is 29.6. The highest BCUT2D eigenvalue weighted by molar-refractivity contribution is 7.27. The zero-order valence-electron chi connectivity index (χ0n) is 61.0. The van der Waals surface area contributed by atoms with E-state index in [9.17, 15) is 0 Å². The Balaban J connectivity index is 0.632. The summed E-state index contributed by atoms with van der Waals surface area (Å²) in [5.41, 5.74) is 23.0. The number of aromatic nitrogens is 6. The first-order valence-electron chi connectivity index (χ1n) is 38.4. The predicted octanol–water partition coefficient (Wildman–Crippen LogP) is 29.9. The lowest BCUT2D eigenvalue weighted by molar-refractivity contribution is 0.995. The molecular weight excluding hydrogens is 1460 g/mol. The van der Waals surface area contributed by atoms with Crippen molar-refractivity contribution in [3.8, 4) is 113 Å². The Labute approximate surface area is 670 Å². The van der Waals surface area contributed by atoms with Gasteiger partial charge in [-0.05, 0) is 177 Å². The smallest absolute Gasteiger partial charge is 0.235 e. The maximum Gasteiger partial charge on any atom is 0.235 e. The van der Waals surface area contributed by atoms with Gasteiger partial charge in [0.05, 0.1) is 44.8 Å². The van der Waals surface area contributed by atoms with Crippen LogP contribution in [0.3, 0.4) is 0 Å². The maximum absolute atomic E-state index is 5.71. The van der Waals surface area contributed by atoms with Gasteiger partial charge in [0.1, 0.15) is 0 Å². The number of thiophene rings is 4. The SMILES string of the molecule is c1ccc(-c2cc(-c3cc(-c4ccc5sc6ccccc6c5c4)cc(-c4ccc5sc6cc(-c7ccc(-c8cc(-c9cc(-c%10cccc%11c%10sc%10ccccc%10%11)cc(-c%10cccc%11c%10sc%10ccccc%10%11)c9)nc(-n9c%10ccccc%10c%10ccccc%109)n8)cc7)ccc6c5c4)c3)nc(-n3c4ccccc4c4ccccc43)n2)cc1. The standard InChI is InChI=1S/C104H60N6S4/c1-2-20-62(21-3-1)87-59-89(107-103(105-87)109-91-33-11-4-22-75(91)76-23-5-12-34-92(76)109)71-51-67(64-45-48-98-85(56-64)81-28-10-15-37-95(81)111-98)50-68(52-71)65-46-49-99-86(57-65)82-47-44-66(58-100(82)112-99)61-40-42-63(43-41-61)88-60-90(108-104(106-88)110-93-35-13-6-24-77(93)78-25-7-14-36-94(78)110)72-54-69(73-29-18-31-83-79-26-8-16-38-96(79)113-101(73)83)53-70(55-72)74-30-19-32-84-80-27-9-17-39-97(80)114-102(74)84/h1-60H. The summed E-state index contributed by atoms with van der Waals surface area (Å²) in [6, 6.07) is 133. The van der Waals surface area contributed by atoms with Crippen molar-refractivity contribution in [1.82, 2.24) is 29.1 Å². The summed E-state index contributed by atoms with van der Waals surface area (Å²) < 4.78 is 14.6. The summed E-state index contributed by atoms with van der Waals surface area (Å²) in [5.74, 6) is 1.23. The molecule has 114 heavy (non-hydrogen) atoms. The van der Waals surface area contributed by atoms with Crippen LogP contribution >= 0.6 is 45.3 Å². The van der Waals surface area contributed by atoms with E-state index in [-0.39, 0.29) is 0 Å². The number of hydrogen-bond acceptors (Lipinski definition) is 8. The van der Waals surface area contributed by atoms with E-state index in [0.29, 0.717) is 11.9 Å². The molecule has 24 rings (SSSR count). The molecule has 16 aromatic carbocycles. The minimum atomic E-state index is 0.610. The van der Waals surface area contributed by atoms with Gasteiger partial charge in [0.25, 0.3) is 0 Å². The number of para-hydroxylation sites is 4. The zero-order valence-corrected chi connectivity index (χ0v) is 64.2. The molecule has 8 heterocycles. The first-order chi connectivity index (χ1) is 56.4. The summed E-state index contributed by atoms with van der Waals surface area (Å²) >= 11 is 7.42. The molecule has 24 aromatic rings. The number of rotatable bonds is 11. The van der Waals surface area contributed by atoms with Crippen LogP contribution in [0, 0.1) is 0 Å². The Kier molecular flexibility index (Phi) is 14.7. The fourth-order valence-electron chi connectivity index (χ4n) is 17.6. The highest BCUT2D eigenvalue weighted by atomic mass is 32.1. The van der Waals surface area contributed by atoms with Crippen molar-refractivity contribution in [2.45, 2.75) is 0 Å². The van der Waals surface area contributed by atoms with E-state index in [1.807, 2.05) is 45.3 Å². The third kappa shape index (κ3) is 10.6. The van der Waals surface area contributed by atoms with Crippen molar-refractivity contribution in [1.29, 1.82) is 0 Å². The third-order valence-corrected chi connectivity index (χ3v) is 27.7. The fraction of sp³-hybridized carbons (Fsp3) is 0. The summed E-state index contributed by atoms with van der Waals surface area (Å²) in [6.07, 6.45) is 0. The van der Waals surface area contributed by atoms with Crippen LogP contribution in [0.4, 0.5) is 0 Å². The molecular formula is C104H60N6S4. The average Bonchev–Trinajstić information content (AvgIpc) is 1.52. The highest BCUT2D eigenvalue weighted by Crippen LogP contribution is 2.48. The Morgan fingerprint density at radius 1 is 0.167 bits per heavy atom. The molecule has 530 valence electrons. The van der Waals surface area contributed by atoms with Crippen LogP contribution in [-0.2, 0) is 0 Å². The van der Waals surface area contributed by atoms with Gasteiger partial charge in [-0.15, -0.1) is 45.3 Å². The van der Waals surface area contributed by atoms with E-state index in [4.69, 9.17) is 19.9 Å². The molecule has 0 saturated carbocycles. The summed E-state index contributed by atoms with van der Waals surface area (Å²) in [4.78, 5) is 22.3. The minimum absolute atomic E-state index is 0.610. The van der Waals surface area contributed by atoms with Crippen LogP contribution in [0.5, 0.6) is 0 Å². The van der Waals surface area contributed by atoms with Crippen molar-refractivity contribution in [2.75, 3.05) is 0 Å². The molecule has 6 nitrogen and oxygen atoms in total. The predicted molar refractivity (Wildman–Crippen MR) is 487 cm³/mol. The fourth-order valence-corrected chi connectivity index (χ4v) is 22.3. The lowest BCUT2D eigenvalue weighted by Crippen LogP contribution is -2.04. The van der Waals surface area contributed by atoms with Crippen LogP contribution in [0.25, 0.3) is 237 Å². The molecule has 0 radical (unpaired) electrons. The molecule has 0 aliphatic carbocycles. The molecule has 10 heteroatoms. The molecule has 0 fully saturated rings. The molecule has 0 N–H and O–H groups in total. The van der Waals surface area contributed by atoms with E-state index in [1.165, 1.54) is 91.8 Å². The van der Waals surface area contributed by atoms with E-state index < -0.39 is 0 Å². The maximum atomic E-state index is 5.71. The first-order valence-corrected chi connectivity index (χ1v) is 41.6. The van der Waals surface area contributed by atoms with Crippen molar-refractivity contribution < 1.29 is 0 Å². The van der Waals surface area contributed by atoms with Crippen molar-refractivity contribution >= 4 is 170 Å². The number of nitrogens with zero attached hydrogens (tertiary/aromatic N) is 6. The molecule has 0 spiro atoms.